The van der Waals surface area contributed by atoms with E-state index < -0.39 is 16.6 Å². The third kappa shape index (κ3) is 10.8. The lowest BCUT2D eigenvalue weighted by molar-refractivity contribution is 0.310. The van der Waals surface area contributed by atoms with Crippen molar-refractivity contribution in [3.63, 3.8) is 0 Å². The molecule has 4 nitrogen and oxygen atoms in total. The smallest absolute Gasteiger partial charge is 0.241 e. The van der Waals surface area contributed by atoms with E-state index >= 15 is 0 Å². The van der Waals surface area contributed by atoms with Gasteiger partial charge in [-0.3, -0.25) is 0 Å². The van der Waals surface area contributed by atoms with E-state index in [2.05, 4.69) is 75.7 Å². The maximum atomic E-state index is 6.64. The Morgan fingerprint density at radius 3 is 1.32 bits per heavy atom. The van der Waals surface area contributed by atoms with Crippen molar-refractivity contribution in [1.82, 2.24) is 0 Å². The molecule has 0 amide bonds. The molecule has 0 atom stereocenters. The zero-order chi connectivity index (χ0) is 25.2. The summed E-state index contributed by atoms with van der Waals surface area (Å²) >= 11 is 0. The zero-order valence-corrected chi connectivity index (χ0v) is 24.5. The predicted octanol–water partition coefficient (Wildman–Crippen LogP) is 7.96. The van der Waals surface area contributed by atoms with Crippen LogP contribution >= 0.6 is 0 Å². The lowest BCUT2D eigenvalue weighted by atomic mass is 10.0. The van der Waals surface area contributed by atoms with Gasteiger partial charge in [-0.2, -0.15) is 0 Å². The molecule has 2 rings (SSSR count). The molecular formula is C28H44O4Si2. The molecule has 0 aliphatic heterocycles. The van der Waals surface area contributed by atoms with Crippen LogP contribution in [-0.2, 0) is 21.7 Å². The summed E-state index contributed by atoms with van der Waals surface area (Å²) in [7, 11) is -0.123. The number of ether oxygens (including phenoxy) is 2. The number of rotatable bonds is 14. The first-order valence-corrected chi connectivity index (χ1v) is 19.2. The van der Waals surface area contributed by atoms with Gasteiger partial charge in [-0.1, -0.05) is 24.3 Å². The SMILES string of the molecule is COc1cccc(CCCC(O[Si](C)(C)C)=C(CCCc2cccc(OC)c2)O[Si](C)(C)C)c1. The van der Waals surface area contributed by atoms with E-state index in [9.17, 15) is 0 Å². The van der Waals surface area contributed by atoms with E-state index in [1.54, 1.807) is 14.2 Å². The molecule has 2 aromatic rings. The van der Waals surface area contributed by atoms with Crippen LogP contribution in [0.5, 0.6) is 11.5 Å². The highest BCUT2D eigenvalue weighted by atomic mass is 28.4. The standard InChI is InChI=1S/C28H44O4Si2/c1-29-25-17-9-13-23(21-25)15-11-19-27(31-33(3,4)5)28(32-34(6,7)8)20-12-16-24-14-10-18-26(22-24)30-2/h9-10,13-14,17-18,21-22H,11-12,15-16,19-20H2,1-8H3. The van der Waals surface area contributed by atoms with Gasteiger partial charge in [0.1, 0.15) is 23.0 Å². The highest BCUT2D eigenvalue weighted by Crippen LogP contribution is 2.28. The number of aryl methyl sites for hydroxylation is 2. The number of allylic oxidation sites excluding steroid dienone is 2. The van der Waals surface area contributed by atoms with Crippen LogP contribution in [0, 0.1) is 0 Å². The Morgan fingerprint density at radius 2 is 1.00 bits per heavy atom. The molecule has 34 heavy (non-hydrogen) atoms. The van der Waals surface area contributed by atoms with Gasteiger partial charge < -0.3 is 18.3 Å². The fourth-order valence-corrected chi connectivity index (χ4v) is 5.71. The molecule has 0 aliphatic carbocycles. The third-order valence-corrected chi connectivity index (χ3v) is 6.89. The Labute approximate surface area is 209 Å². The van der Waals surface area contributed by atoms with Gasteiger partial charge in [0, 0.05) is 12.8 Å². The number of benzene rings is 2. The summed E-state index contributed by atoms with van der Waals surface area (Å²) in [6, 6.07) is 16.7. The molecule has 188 valence electrons. The van der Waals surface area contributed by atoms with Crippen molar-refractivity contribution in [1.29, 1.82) is 0 Å². The van der Waals surface area contributed by atoms with Gasteiger partial charge in [-0.15, -0.1) is 0 Å². The Hall–Kier alpha value is -2.19. The normalized spacial score (nSPS) is 12.7. The van der Waals surface area contributed by atoms with E-state index in [0.717, 1.165) is 61.5 Å². The van der Waals surface area contributed by atoms with Crippen LogP contribution in [0.2, 0.25) is 39.3 Å². The first-order valence-electron chi connectivity index (χ1n) is 12.3. The Bertz CT molecular complexity index is 851. The maximum Gasteiger partial charge on any atom is 0.241 e. The first kappa shape index (κ1) is 28.1. The lowest BCUT2D eigenvalue weighted by Crippen LogP contribution is -2.29. The van der Waals surface area contributed by atoms with Gasteiger partial charge in [0.05, 0.1) is 14.2 Å². The highest BCUT2D eigenvalue weighted by molar-refractivity contribution is 6.70. The third-order valence-electron chi connectivity index (χ3n) is 5.18. The summed E-state index contributed by atoms with van der Waals surface area (Å²) in [5, 5.41) is 0. The molecule has 0 bridgehead atoms. The second-order valence-corrected chi connectivity index (χ2v) is 19.5. The van der Waals surface area contributed by atoms with Crippen LogP contribution in [0.1, 0.15) is 36.8 Å². The molecule has 0 aromatic heterocycles. The van der Waals surface area contributed by atoms with E-state index in [-0.39, 0.29) is 0 Å². The molecule has 0 unspecified atom stereocenters. The van der Waals surface area contributed by atoms with E-state index in [0.29, 0.717) is 0 Å². The summed E-state index contributed by atoms with van der Waals surface area (Å²) in [5.41, 5.74) is 2.58. The van der Waals surface area contributed by atoms with Crippen LogP contribution in [0.25, 0.3) is 0 Å². The second-order valence-electron chi connectivity index (χ2n) is 10.7. The van der Waals surface area contributed by atoms with Crippen LogP contribution in [0.3, 0.4) is 0 Å². The van der Waals surface area contributed by atoms with Gasteiger partial charge in [0.15, 0.2) is 0 Å². The van der Waals surface area contributed by atoms with Crippen LogP contribution in [0.15, 0.2) is 60.0 Å². The van der Waals surface area contributed by atoms with Crippen LogP contribution < -0.4 is 9.47 Å². The molecule has 0 radical (unpaired) electrons. The molecule has 0 aliphatic rings. The highest BCUT2D eigenvalue weighted by Gasteiger charge is 2.24. The quantitative estimate of drug-likeness (QED) is 0.195. The predicted molar refractivity (Wildman–Crippen MR) is 148 cm³/mol. The van der Waals surface area contributed by atoms with Crippen molar-refractivity contribution >= 4 is 16.6 Å². The van der Waals surface area contributed by atoms with Gasteiger partial charge in [-0.25, -0.2) is 0 Å². The van der Waals surface area contributed by atoms with Gasteiger partial charge >= 0.3 is 0 Å². The molecule has 0 N–H and O–H groups in total. The number of hydrogen-bond acceptors (Lipinski definition) is 4. The van der Waals surface area contributed by atoms with Crippen molar-refractivity contribution in [3.05, 3.63) is 71.2 Å². The van der Waals surface area contributed by atoms with E-state index in [1.807, 2.05) is 12.1 Å². The maximum absolute atomic E-state index is 6.64. The summed E-state index contributed by atoms with van der Waals surface area (Å²) in [5.74, 6) is 3.95. The minimum Gasteiger partial charge on any atom is -0.545 e. The zero-order valence-electron chi connectivity index (χ0n) is 22.5. The molecule has 0 fully saturated rings. The Morgan fingerprint density at radius 1 is 0.618 bits per heavy atom. The topological polar surface area (TPSA) is 36.9 Å². The second kappa shape index (κ2) is 13.0. The average molecular weight is 501 g/mol. The lowest BCUT2D eigenvalue weighted by Gasteiger charge is -2.29. The minimum atomic E-state index is -1.78. The van der Waals surface area contributed by atoms with E-state index in [1.165, 1.54) is 11.1 Å². The van der Waals surface area contributed by atoms with Crippen LogP contribution in [0.4, 0.5) is 0 Å². The molecule has 0 spiro atoms. The van der Waals surface area contributed by atoms with Crippen molar-refractivity contribution < 1.29 is 18.3 Å². The molecule has 0 saturated carbocycles. The number of methoxy groups -OCH3 is 2. The van der Waals surface area contributed by atoms with E-state index in [4.69, 9.17) is 18.3 Å². The summed E-state index contributed by atoms with van der Waals surface area (Å²) < 4.78 is 24.0. The first-order chi connectivity index (χ1) is 16.0. The molecular weight excluding hydrogens is 456 g/mol. The van der Waals surface area contributed by atoms with Crippen molar-refractivity contribution in [3.8, 4) is 11.5 Å². The Kier molecular flexibility index (Phi) is 10.8. The summed E-state index contributed by atoms with van der Waals surface area (Å²) in [6.07, 6.45) is 5.78. The largest absolute Gasteiger partial charge is 0.545 e. The monoisotopic (exact) mass is 500 g/mol. The van der Waals surface area contributed by atoms with Crippen molar-refractivity contribution in [2.75, 3.05) is 14.2 Å². The van der Waals surface area contributed by atoms with Gasteiger partial charge in [0.25, 0.3) is 0 Å². The molecule has 0 heterocycles. The molecule has 2 aromatic carbocycles. The van der Waals surface area contributed by atoms with Gasteiger partial charge in [-0.05, 0) is 100 Å². The fourth-order valence-electron chi connectivity index (χ4n) is 3.80. The Balaban J connectivity index is 2.17. The van der Waals surface area contributed by atoms with Gasteiger partial charge in [0.2, 0.25) is 16.6 Å². The van der Waals surface area contributed by atoms with Crippen molar-refractivity contribution in [2.45, 2.75) is 77.8 Å². The summed E-state index contributed by atoms with van der Waals surface area (Å²) in [4.78, 5) is 0. The fraction of sp³-hybridized carbons (Fsp3) is 0.500. The summed E-state index contributed by atoms with van der Waals surface area (Å²) in [6.45, 7) is 13.5. The van der Waals surface area contributed by atoms with Crippen LogP contribution in [-0.4, -0.2) is 30.9 Å². The average Bonchev–Trinajstić information content (AvgIpc) is 2.76. The molecule has 6 heteroatoms. The van der Waals surface area contributed by atoms with Crippen molar-refractivity contribution in [2.24, 2.45) is 0 Å². The molecule has 0 saturated heterocycles. The number of hydrogen-bond donors (Lipinski definition) is 0. The minimum absolute atomic E-state index is 0.889.